The van der Waals surface area contributed by atoms with Gasteiger partial charge in [0.1, 0.15) is 0 Å². The number of aliphatic hydroxyl groups is 1. The van der Waals surface area contributed by atoms with Gasteiger partial charge in [-0.3, -0.25) is 4.90 Å². The molecule has 0 aromatic rings. The molecule has 0 aliphatic carbocycles. The van der Waals surface area contributed by atoms with Crippen LogP contribution >= 0.6 is 0 Å². The molecule has 0 aromatic heterocycles. The van der Waals surface area contributed by atoms with Gasteiger partial charge in [0.15, 0.2) is 0 Å². The first kappa shape index (κ1) is 11.0. The number of hydrogen-bond donors (Lipinski definition) is 1. The van der Waals surface area contributed by atoms with Crippen LogP contribution in [-0.2, 0) is 0 Å². The predicted molar refractivity (Wildman–Crippen MR) is 55.7 cm³/mol. The van der Waals surface area contributed by atoms with E-state index in [4.69, 9.17) is 5.11 Å². The summed E-state index contributed by atoms with van der Waals surface area (Å²) >= 11 is 0. The Morgan fingerprint density at radius 3 is 2.46 bits per heavy atom. The number of likely N-dealkylation sites (tertiary alicyclic amines) is 1. The molecular formula is C11H23NO. The van der Waals surface area contributed by atoms with Gasteiger partial charge in [-0.2, -0.15) is 0 Å². The zero-order chi connectivity index (χ0) is 10.1. The van der Waals surface area contributed by atoms with Crippen LogP contribution in [0.2, 0.25) is 0 Å². The van der Waals surface area contributed by atoms with Crippen molar-refractivity contribution in [3.63, 3.8) is 0 Å². The summed E-state index contributed by atoms with van der Waals surface area (Å²) in [6.45, 7) is 10.6. The first-order chi connectivity index (χ1) is 5.97. The van der Waals surface area contributed by atoms with E-state index in [1.54, 1.807) is 0 Å². The molecule has 1 N–H and O–H groups in total. The van der Waals surface area contributed by atoms with E-state index >= 15 is 0 Å². The van der Waals surface area contributed by atoms with Gasteiger partial charge in [-0.15, -0.1) is 0 Å². The third-order valence-corrected chi connectivity index (χ3v) is 3.23. The van der Waals surface area contributed by atoms with Crippen LogP contribution in [0.4, 0.5) is 0 Å². The van der Waals surface area contributed by atoms with Crippen LogP contribution in [0.3, 0.4) is 0 Å². The molecule has 1 atom stereocenters. The van der Waals surface area contributed by atoms with Crippen molar-refractivity contribution in [3.05, 3.63) is 0 Å². The minimum absolute atomic E-state index is 0.264. The standard InChI is InChI=1S/C11H23NO/c1-9(2)12-6-5-10(8-13)7-11(12,3)4/h9-10,13H,5-8H2,1-4H3. The summed E-state index contributed by atoms with van der Waals surface area (Å²) in [5.74, 6) is 0.519. The molecule has 1 heterocycles. The van der Waals surface area contributed by atoms with Gasteiger partial charge in [-0.25, -0.2) is 0 Å². The molecule has 1 aliphatic rings. The maximum atomic E-state index is 9.13. The van der Waals surface area contributed by atoms with E-state index in [-0.39, 0.29) is 5.54 Å². The highest BCUT2D eigenvalue weighted by molar-refractivity contribution is 4.90. The number of nitrogens with zero attached hydrogens (tertiary/aromatic N) is 1. The van der Waals surface area contributed by atoms with E-state index in [1.165, 1.54) is 0 Å². The van der Waals surface area contributed by atoms with Crippen molar-refractivity contribution in [1.29, 1.82) is 0 Å². The second-order valence-electron chi connectivity index (χ2n) is 5.14. The van der Waals surface area contributed by atoms with Crippen LogP contribution in [0.1, 0.15) is 40.5 Å². The lowest BCUT2D eigenvalue weighted by Gasteiger charge is -2.47. The topological polar surface area (TPSA) is 23.5 Å². The Morgan fingerprint density at radius 2 is 2.08 bits per heavy atom. The molecule has 0 radical (unpaired) electrons. The molecule has 0 aromatic carbocycles. The van der Waals surface area contributed by atoms with Gasteiger partial charge < -0.3 is 5.11 Å². The smallest absolute Gasteiger partial charge is 0.0460 e. The van der Waals surface area contributed by atoms with Crippen LogP contribution in [-0.4, -0.2) is 34.7 Å². The Balaban J connectivity index is 2.62. The van der Waals surface area contributed by atoms with Crippen molar-refractivity contribution in [2.45, 2.75) is 52.1 Å². The lowest BCUT2D eigenvalue weighted by Crippen LogP contribution is -2.53. The summed E-state index contributed by atoms with van der Waals surface area (Å²) in [6.07, 6.45) is 2.28. The fraction of sp³-hybridized carbons (Fsp3) is 1.00. The van der Waals surface area contributed by atoms with Gasteiger partial charge in [-0.1, -0.05) is 0 Å². The quantitative estimate of drug-likeness (QED) is 0.710. The number of rotatable bonds is 2. The zero-order valence-electron chi connectivity index (χ0n) is 9.38. The third-order valence-electron chi connectivity index (χ3n) is 3.23. The molecule has 13 heavy (non-hydrogen) atoms. The lowest BCUT2D eigenvalue weighted by atomic mass is 9.82. The molecule has 0 saturated carbocycles. The number of piperidine rings is 1. The SMILES string of the molecule is CC(C)N1CCC(CO)CC1(C)C. The van der Waals surface area contributed by atoms with Gasteiger partial charge in [0.05, 0.1) is 0 Å². The minimum Gasteiger partial charge on any atom is -0.396 e. The summed E-state index contributed by atoms with van der Waals surface area (Å²) in [6, 6.07) is 0.620. The fourth-order valence-electron chi connectivity index (χ4n) is 2.66. The summed E-state index contributed by atoms with van der Waals surface area (Å²) in [4.78, 5) is 2.54. The van der Waals surface area contributed by atoms with E-state index in [9.17, 15) is 0 Å². The average Bonchev–Trinajstić information content (AvgIpc) is 2.01. The molecule has 1 rings (SSSR count). The molecular weight excluding hydrogens is 162 g/mol. The maximum absolute atomic E-state index is 9.13. The van der Waals surface area contributed by atoms with Gasteiger partial charge in [0.2, 0.25) is 0 Å². The molecule has 1 saturated heterocycles. The Kier molecular flexibility index (Phi) is 3.36. The summed E-state index contributed by atoms with van der Waals surface area (Å²) in [7, 11) is 0. The third kappa shape index (κ3) is 2.44. The van der Waals surface area contributed by atoms with Gasteiger partial charge in [0, 0.05) is 18.2 Å². The molecule has 0 spiro atoms. The fourth-order valence-corrected chi connectivity index (χ4v) is 2.66. The first-order valence-corrected chi connectivity index (χ1v) is 5.35. The highest BCUT2D eigenvalue weighted by Gasteiger charge is 2.35. The molecule has 1 aliphatic heterocycles. The Labute approximate surface area is 81.9 Å². The normalized spacial score (nSPS) is 29.5. The largest absolute Gasteiger partial charge is 0.396 e. The summed E-state index contributed by atoms with van der Waals surface area (Å²) in [5, 5.41) is 9.13. The van der Waals surface area contributed by atoms with Crippen LogP contribution in [0.5, 0.6) is 0 Å². The van der Waals surface area contributed by atoms with E-state index in [0.29, 0.717) is 18.6 Å². The lowest BCUT2D eigenvalue weighted by molar-refractivity contribution is 0.00590. The van der Waals surface area contributed by atoms with Crippen LogP contribution in [0.15, 0.2) is 0 Å². The van der Waals surface area contributed by atoms with Crippen molar-refractivity contribution < 1.29 is 5.11 Å². The Bertz CT molecular complexity index is 165. The highest BCUT2D eigenvalue weighted by atomic mass is 16.3. The molecule has 0 bridgehead atoms. The van der Waals surface area contributed by atoms with Crippen LogP contribution in [0.25, 0.3) is 0 Å². The maximum Gasteiger partial charge on any atom is 0.0460 e. The minimum atomic E-state index is 0.264. The molecule has 1 fully saturated rings. The first-order valence-electron chi connectivity index (χ1n) is 5.35. The number of aliphatic hydroxyl groups excluding tert-OH is 1. The van der Waals surface area contributed by atoms with E-state index in [2.05, 4.69) is 32.6 Å². The van der Waals surface area contributed by atoms with Crippen LogP contribution in [0, 0.1) is 5.92 Å². The Morgan fingerprint density at radius 1 is 1.46 bits per heavy atom. The van der Waals surface area contributed by atoms with E-state index in [1.807, 2.05) is 0 Å². The molecule has 2 heteroatoms. The van der Waals surface area contributed by atoms with Gasteiger partial charge in [0.25, 0.3) is 0 Å². The van der Waals surface area contributed by atoms with Crippen molar-refractivity contribution in [2.75, 3.05) is 13.2 Å². The molecule has 2 nitrogen and oxygen atoms in total. The van der Waals surface area contributed by atoms with Crippen molar-refractivity contribution in [2.24, 2.45) is 5.92 Å². The molecule has 0 amide bonds. The number of hydrogen-bond acceptors (Lipinski definition) is 2. The monoisotopic (exact) mass is 185 g/mol. The van der Waals surface area contributed by atoms with Crippen molar-refractivity contribution in [3.8, 4) is 0 Å². The van der Waals surface area contributed by atoms with Gasteiger partial charge in [-0.05, 0) is 53.0 Å². The second-order valence-corrected chi connectivity index (χ2v) is 5.14. The molecule has 78 valence electrons. The highest BCUT2D eigenvalue weighted by Crippen LogP contribution is 2.32. The second kappa shape index (κ2) is 3.97. The van der Waals surface area contributed by atoms with Crippen LogP contribution < -0.4 is 0 Å². The predicted octanol–water partition coefficient (Wildman–Crippen LogP) is 1.88. The summed E-state index contributed by atoms with van der Waals surface area (Å²) in [5.41, 5.74) is 0.264. The van der Waals surface area contributed by atoms with Crippen molar-refractivity contribution >= 4 is 0 Å². The van der Waals surface area contributed by atoms with Gasteiger partial charge >= 0.3 is 0 Å². The van der Waals surface area contributed by atoms with E-state index in [0.717, 1.165) is 19.4 Å². The van der Waals surface area contributed by atoms with Crippen molar-refractivity contribution in [1.82, 2.24) is 4.90 Å². The zero-order valence-corrected chi connectivity index (χ0v) is 9.38. The Hall–Kier alpha value is -0.0800. The average molecular weight is 185 g/mol. The van der Waals surface area contributed by atoms with E-state index < -0.39 is 0 Å². The molecule has 1 unspecified atom stereocenters. The summed E-state index contributed by atoms with van der Waals surface area (Å²) < 4.78 is 0.